The summed E-state index contributed by atoms with van der Waals surface area (Å²) < 4.78 is 0. The number of hydrogen-bond acceptors (Lipinski definition) is 4. The van der Waals surface area contributed by atoms with Crippen molar-refractivity contribution in [3.63, 3.8) is 0 Å². The van der Waals surface area contributed by atoms with Crippen LogP contribution in [0.1, 0.15) is 25.3 Å². The fraction of sp³-hybridized carbons (Fsp3) is 0.375. The van der Waals surface area contributed by atoms with Crippen molar-refractivity contribution in [3.05, 3.63) is 33.3 Å². The van der Waals surface area contributed by atoms with Gasteiger partial charge >= 0.3 is 0 Å². The molecular formula is C16H17Cl2N2O2S-. The van der Waals surface area contributed by atoms with E-state index < -0.39 is 11.7 Å². The van der Waals surface area contributed by atoms with E-state index >= 15 is 0 Å². The van der Waals surface area contributed by atoms with Crippen LogP contribution in [0.5, 0.6) is 0 Å². The monoisotopic (exact) mass is 371 g/mol. The van der Waals surface area contributed by atoms with Gasteiger partial charge in [-0.3, -0.25) is 4.79 Å². The van der Waals surface area contributed by atoms with Crippen molar-refractivity contribution < 1.29 is 9.90 Å². The van der Waals surface area contributed by atoms with Crippen LogP contribution in [-0.2, 0) is 4.79 Å². The van der Waals surface area contributed by atoms with Crippen molar-refractivity contribution in [1.29, 1.82) is 5.41 Å². The van der Waals surface area contributed by atoms with Crippen molar-refractivity contribution in [3.8, 4) is 0 Å². The lowest BCUT2D eigenvalue weighted by atomic mass is 10.0. The van der Waals surface area contributed by atoms with Crippen LogP contribution in [0.2, 0.25) is 10.0 Å². The molecule has 2 N–H and O–H groups in total. The molecule has 0 atom stereocenters. The second-order valence-corrected chi connectivity index (χ2v) is 7.20. The van der Waals surface area contributed by atoms with Crippen LogP contribution in [0.3, 0.4) is 0 Å². The van der Waals surface area contributed by atoms with Crippen LogP contribution in [0, 0.1) is 11.3 Å². The topological polar surface area (TPSA) is 76.0 Å². The van der Waals surface area contributed by atoms with Crippen molar-refractivity contribution >= 4 is 52.3 Å². The summed E-state index contributed by atoms with van der Waals surface area (Å²) in [5.74, 6) is -0.341. The molecule has 0 radical (unpaired) electrons. The lowest BCUT2D eigenvalue weighted by molar-refractivity contribution is -0.244. The molecule has 0 bridgehead atoms. The highest BCUT2D eigenvalue weighted by Gasteiger charge is 2.31. The Balaban J connectivity index is 2.58. The zero-order chi connectivity index (χ0) is 17.1. The van der Waals surface area contributed by atoms with Crippen LogP contribution < -0.4 is 10.4 Å². The Hall–Kier alpha value is -1.17. The number of carbonyl (C=O) groups is 1. The summed E-state index contributed by atoms with van der Waals surface area (Å²) in [4.78, 5) is 12.7. The summed E-state index contributed by atoms with van der Waals surface area (Å²) in [7, 11) is 1.44. The van der Waals surface area contributed by atoms with Crippen LogP contribution in [0.15, 0.2) is 22.6 Å². The van der Waals surface area contributed by atoms with Gasteiger partial charge in [0.2, 0.25) is 0 Å². The number of hydrogen-bond donors (Lipinski definition) is 2. The molecular weight excluding hydrogens is 355 g/mol. The van der Waals surface area contributed by atoms with Gasteiger partial charge in [-0.05, 0) is 30.2 Å². The number of halogens is 2. The standard InChI is InChI=1S/C16H18Cl2N2O2S/c1-3-23-15-10(17)7-6-9(12(15)18)14(21)11(16(22)20-2)13(19)8-4-5-8/h6-8,19,21H,3-5H2,1-2H3,(H,20,22)/p-1/b14-11+,19-13?. The molecule has 2 rings (SSSR count). The van der Waals surface area contributed by atoms with Crippen molar-refractivity contribution in [2.24, 2.45) is 5.92 Å². The molecule has 0 aliphatic heterocycles. The van der Waals surface area contributed by atoms with E-state index in [4.69, 9.17) is 28.6 Å². The Bertz CT molecular complexity index is 685. The summed E-state index contributed by atoms with van der Waals surface area (Å²) in [5, 5.41) is 24.1. The zero-order valence-electron chi connectivity index (χ0n) is 12.8. The third-order valence-electron chi connectivity index (χ3n) is 3.52. The van der Waals surface area contributed by atoms with Crippen LogP contribution in [0.4, 0.5) is 0 Å². The molecule has 1 saturated carbocycles. The first-order chi connectivity index (χ1) is 10.9. The maximum atomic E-state index is 12.8. The number of benzene rings is 1. The van der Waals surface area contributed by atoms with Gasteiger partial charge in [-0.25, -0.2) is 0 Å². The lowest BCUT2D eigenvalue weighted by Crippen LogP contribution is -2.29. The zero-order valence-corrected chi connectivity index (χ0v) is 15.2. The molecule has 1 amide bonds. The quantitative estimate of drug-likeness (QED) is 0.348. The summed E-state index contributed by atoms with van der Waals surface area (Å²) in [6.45, 7) is 1.96. The van der Waals surface area contributed by atoms with E-state index in [1.807, 2.05) is 6.92 Å². The summed E-state index contributed by atoms with van der Waals surface area (Å²) in [6.07, 6.45) is 1.66. The van der Waals surface area contributed by atoms with Gasteiger partial charge in [0.05, 0.1) is 15.6 Å². The van der Waals surface area contributed by atoms with E-state index in [2.05, 4.69) is 5.32 Å². The van der Waals surface area contributed by atoms with Gasteiger partial charge < -0.3 is 15.8 Å². The maximum absolute atomic E-state index is 12.8. The predicted octanol–water partition coefficient (Wildman–Crippen LogP) is 3.35. The minimum absolute atomic E-state index is 0.0122. The van der Waals surface area contributed by atoms with Gasteiger partial charge in [0.15, 0.2) is 0 Å². The summed E-state index contributed by atoms with van der Waals surface area (Å²) in [5.41, 5.74) is 0.160. The fourth-order valence-corrected chi connectivity index (χ4v) is 3.68. The third kappa shape index (κ3) is 3.84. The molecule has 124 valence electrons. The molecule has 0 saturated heterocycles. The Morgan fingerprint density at radius 1 is 1.43 bits per heavy atom. The molecule has 0 heterocycles. The summed E-state index contributed by atoms with van der Waals surface area (Å²) in [6, 6.07) is 3.11. The largest absolute Gasteiger partial charge is 0.871 e. The van der Waals surface area contributed by atoms with E-state index in [1.165, 1.54) is 24.9 Å². The Labute approximate surface area is 149 Å². The Morgan fingerprint density at radius 3 is 2.61 bits per heavy atom. The second-order valence-electron chi connectivity index (χ2n) is 5.14. The van der Waals surface area contributed by atoms with Crippen molar-refractivity contribution in [1.82, 2.24) is 5.32 Å². The molecule has 1 fully saturated rings. The molecule has 1 aliphatic rings. The molecule has 4 nitrogen and oxygen atoms in total. The van der Waals surface area contributed by atoms with E-state index in [0.717, 1.165) is 18.6 Å². The van der Waals surface area contributed by atoms with Gasteiger partial charge in [0.1, 0.15) is 0 Å². The molecule has 1 aliphatic carbocycles. The van der Waals surface area contributed by atoms with Crippen molar-refractivity contribution in [2.75, 3.05) is 12.8 Å². The first-order valence-electron chi connectivity index (χ1n) is 7.25. The lowest BCUT2D eigenvalue weighted by Gasteiger charge is -2.22. The van der Waals surface area contributed by atoms with E-state index in [9.17, 15) is 9.90 Å². The van der Waals surface area contributed by atoms with E-state index in [0.29, 0.717) is 9.92 Å². The number of carbonyl (C=O) groups excluding carboxylic acids is 1. The van der Waals surface area contributed by atoms with Crippen LogP contribution >= 0.6 is 35.0 Å². The SMILES string of the molecule is CCSc1c(Cl)ccc(/C([O-])=C(/C(=N)C2CC2)C(=O)NC)c1Cl. The molecule has 0 aromatic heterocycles. The van der Waals surface area contributed by atoms with Crippen LogP contribution in [0.25, 0.3) is 5.76 Å². The van der Waals surface area contributed by atoms with Crippen LogP contribution in [-0.4, -0.2) is 24.4 Å². The number of nitrogens with one attached hydrogen (secondary N) is 2. The third-order valence-corrected chi connectivity index (χ3v) is 5.45. The average Bonchev–Trinajstić information content (AvgIpc) is 3.36. The first kappa shape index (κ1) is 18.2. The highest BCUT2D eigenvalue weighted by Crippen LogP contribution is 2.39. The van der Waals surface area contributed by atoms with Gasteiger partial charge in [-0.1, -0.05) is 42.0 Å². The van der Waals surface area contributed by atoms with Gasteiger partial charge in [-0.15, -0.1) is 11.8 Å². The molecule has 0 spiro atoms. The minimum Gasteiger partial charge on any atom is -0.871 e. The molecule has 1 aromatic carbocycles. The highest BCUT2D eigenvalue weighted by molar-refractivity contribution is 7.99. The number of amides is 1. The molecule has 1 aromatic rings. The Kier molecular flexibility index (Phi) is 6.00. The normalized spacial score (nSPS) is 15.1. The Morgan fingerprint density at radius 2 is 2.09 bits per heavy atom. The van der Waals surface area contributed by atoms with E-state index in [-0.39, 0.29) is 27.8 Å². The smallest absolute Gasteiger partial charge is 0.252 e. The number of rotatable bonds is 6. The van der Waals surface area contributed by atoms with Gasteiger partial charge in [-0.2, -0.15) is 0 Å². The highest BCUT2D eigenvalue weighted by atomic mass is 35.5. The minimum atomic E-state index is -0.553. The van der Waals surface area contributed by atoms with Gasteiger partial charge in [0.25, 0.3) is 5.91 Å². The molecule has 7 heteroatoms. The second kappa shape index (κ2) is 7.60. The van der Waals surface area contributed by atoms with Gasteiger partial charge in [0, 0.05) is 23.6 Å². The summed E-state index contributed by atoms with van der Waals surface area (Å²) >= 11 is 13.9. The number of thioether (sulfide) groups is 1. The fourth-order valence-electron chi connectivity index (χ4n) is 2.17. The first-order valence-corrected chi connectivity index (χ1v) is 8.99. The average molecular weight is 372 g/mol. The molecule has 23 heavy (non-hydrogen) atoms. The van der Waals surface area contributed by atoms with Crippen molar-refractivity contribution in [2.45, 2.75) is 24.7 Å². The predicted molar refractivity (Wildman–Crippen MR) is 94.3 cm³/mol. The van der Waals surface area contributed by atoms with E-state index in [1.54, 1.807) is 6.07 Å². The number of likely N-dealkylation sites (N-methyl/N-ethyl adjacent to an activating group) is 1. The maximum Gasteiger partial charge on any atom is 0.252 e. The molecule has 0 unspecified atom stereocenters.